The normalized spacial score (nSPS) is 22.4. The number of fused-ring (bicyclic) bond motifs is 4. The Bertz CT molecular complexity index is 929. The van der Waals surface area contributed by atoms with Crippen molar-refractivity contribution >= 4 is 16.9 Å². The highest BCUT2D eigenvalue weighted by molar-refractivity contribution is 5.97. The number of piperidine rings is 1. The minimum absolute atomic E-state index is 0.141. The van der Waals surface area contributed by atoms with Crippen molar-refractivity contribution in [1.82, 2.24) is 14.9 Å². The number of hydrogen-bond donors (Lipinski definition) is 1. The third-order valence-electron chi connectivity index (χ3n) is 5.59. The van der Waals surface area contributed by atoms with Crippen LogP contribution in [0.1, 0.15) is 40.2 Å². The number of amides is 1. The second-order valence-corrected chi connectivity index (χ2v) is 6.85. The van der Waals surface area contributed by atoms with Crippen LogP contribution in [0.4, 0.5) is 0 Å². The van der Waals surface area contributed by atoms with Crippen LogP contribution in [0.2, 0.25) is 0 Å². The van der Waals surface area contributed by atoms with Gasteiger partial charge in [0.15, 0.2) is 0 Å². The van der Waals surface area contributed by atoms with Gasteiger partial charge in [0, 0.05) is 24.1 Å². The summed E-state index contributed by atoms with van der Waals surface area (Å²) in [5, 5.41) is 0. The third kappa shape index (κ3) is 1.99. The number of likely N-dealkylation sites (tertiary alicyclic amines) is 1. The van der Waals surface area contributed by atoms with Crippen molar-refractivity contribution < 1.29 is 4.79 Å². The number of aromatic nitrogens is 2. The Labute approximate surface area is 140 Å². The molecule has 1 aromatic heterocycles. The maximum Gasteiger partial charge on any atom is 0.254 e. The van der Waals surface area contributed by atoms with Crippen LogP contribution < -0.4 is 0 Å². The Morgan fingerprint density at radius 2 is 2.12 bits per heavy atom. The van der Waals surface area contributed by atoms with Crippen LogP contribution >= 0.6 is 0 Å². The number of benzene rings is 2. The van der Waals surface area contributed by atoms with Gasteiger partial charge in [-0.05, 0) is 48.6 Å². The van der Waals surface area contributed by atoms with Gasteiger partial charge in [0.1, 0.15) is 0 Å². The Hall–Kier alpha value is -2.62. The fraction of sp³-hybridized carbons (Fsp3) is 0.300. The van der Waals surface area contributed by atoms with Crippen molar-refractivity contribution in [2.45, 2.75) is 31.2 Å². The summed E-state index contributed by atoms with van der Waals surface area (Å²) in [6.45, 7) is 0.854. The van der Waals surface area contributed by atoms with Crippen LogP contribution in [0.25, 0.3) is 11.0 Å². The fourth-order valence-electron chi connectivity index (χ4n) is 4.46. The van der Waals surface area contributed by atoms with Crippen molar-refractivity contribution in [2.75, 3.05) is 6.54 Å². The number of carbonyl (C=O) groups excluding carboxylic acids is 1. The van der Waals surface area contributed by atoms with E-state index < -0.39 is 0 Å². The number of nitrogens with zero attached hydrogens (tertiary/aromatic N) is 2. The number of rotatable bonds is 1. The summed E-state index contributed by atoms with van der Waals surface area (Å²) in [4.78, 5) is 22.6. The molecule has 1 saturated heterocycles. The molecule has 0 spiro atoms. The Kier molecular flexibility index (Phi) is 2.98. The molecule has 2 aromatic carbocycles. The maximum absolute atomic E-state index is 13.1. The molecule has 4 nitrogen and oxygen atoms in total. The molecule has 1 amide bonds. The van der Waals surface area contributed by atoms with Crippen molar-refractivity contribution in [2.24, 2.45) is 0 Å². The molecule has 0 bridgehead atoms. The van der Waals surface area contributed by atoms with E-state index in [1.54, 1.807) is 6.33 Å². The lowest BCUT2D eigenvalue weighted by Crippen LogP contribution is -2.46. The zero-order valence-corrected chi connectivity index (χ0v) is 13.4. The van der Waals surface area contributed by atoms with Crippen LogP contribution in [-0.2, 0) is 6.42 Å². The number of H-pyrrole nitrogens is 1. The maximum atomic E-state index is 13.1. The predicted molar refractivity (Wildman–Crippen MR) is 93.0 cm³/mol. The van der Waals surface area contributed by atoms with Crippen molar-refractivity contribution in [3.05, 3.63) is 65.5 Å². The first kappa shape index (κ1) is 13.8. The molecule has 1 aliphatic carbocycles. The zero-order chi connectivity index (χ0) is 16.1. The van der Waals surface area contributed by atoms with Crippen LogP contribution in [0.5, 0.6) is 0 Å². The summed E-state index contributed by atoms with van der Waals surface area (Å²) >= 11 is 0. The molecular weight excluding hydrogens is 298 g/mol. The second-order valence-electron chi connectivity index (χ2n) is 6.85. The number of nitrogens with one attached hydrogen (secondary N) is 1. The molecule has 1 fully saturated rings. The van der Waals surface area contributed by atoms with Gasteiger partial charge in [0.25, 0.3) is 5.91 Å². The first-order valence-electron chi connectivity index (χ1n) is 8.63. The topological polar surface area (TPSA) is 49.0 Å². The van der Waals surface area contributed by atoms with E-state index in [1.807, 2.05) is 18.2 Å². The number of hydrogen-bond acceptors (Lipinski definition) is 2. The smallest absolute Gasteiger partial charge is 0.254 e. The average Bonchev–Trinajstić information content (AvgIpc) is 3.24. The predicted octanol–water partition coefficient (Wildman–Crippen LogP) is 3.51. The van der Waals surface area contributed by atoms with E-state index in [9.17, 15) is 4.79 Å². The van der Waals surface area contributed by atoms with Gasteiger partial charge in [0.05, 0.1) is 17.4 Å². The average molecular weight is 317 g/mol. The van der Waals surface area contributed by atoms with E-state index in [2.05, 4.69) is 39.1 Å². The van der Waals surface area contributed by atoms with Crippen LogP contribution in [0, 0.1) is 0 Å². The minimum Gasteiger partial charge on any atom is -0.345 e. The Balaban J connectivity index is 1.49. The van der Waals surface area contributed by atoms with Gasteiger partial charge in [-0.25, -0.2) is 4.98 Å². The van der Waals surface area contributed by atoms with E-state index >= 15 is 0 Å². The van der Waals surface area contributed by atoms with Crippen molar-refractivity contribution in [3.8, 4) is 0 Å². The van der Waals surface area contributed by atoms with Gasteiger partial charge in [-0.15, -0.1) is 0 Å². The molecule has 24 heavy (non-hydrogen) atoms. The van der Waals surface area contributed by atoms with Crippen LogP contribution in [0.3, 0.4) is 0 Å². The Morgan fingerprint density at radius 1 is 1.21 bits per heavy atom. The summed E-state index contributed by atoms with van der Waals surface area (Å²) in [6.07, 6.45) is 4.91. The molecule has 5 rings (SSSR count). The summed E-state index contributed by atoms with van der Waals surface area (Å²) < 4.78 is 0. The van der Waals surface area contributed by atoms with E-state index in [-0.39, 0.29) is 5.91 Å². The molecule has 1 aliphatic heterocycles. The fourth-order valence-corrected chi connectivity index (χ4v) is 4.46. The summed E-state index contributed by atoms with van der Waals surface area (Å²) in [5.41, 5.74) is 5.42. The molecule has 0 radical (unpaired) electrons. The van der Waals surface area contributed by atoms with E-state index in [0.29, 0.717) is 12.0 Å². The van der Waals surface area contributed by atoms with E-state index in [0.717, 1.165) is 36.0 Å². The molecule has 4 heteroatoms. The first-order valence-corrected chi connectivity index (χ1v) is 8.63. The zero-order valence-electron chi connectivity index (χ0n) is 13.4. The molecule has 2 aliphatic rings. The lowest BCUT2D eigenvalue weighted by Gasteiger charge is -2.38. The number of imidazole rings is 1. The molecule has 0 saturated carbocycles. The Morgan fingerprint density at radius 3 is 3.08 bits per heavy atom. The van der Waals surface area contributed by atoms with Gasteiger partial charge in [-0.1, -0.05) is 24.3 Å². The van der Waals surface area contributed by atoms with Gasteiger partial charge in [-0.2, -0.15) is 0 Å². The highest BCUT2D eigenvalue weighted by Gasteiger charge is 2.40. The van der Waals surface area contributed by atoms with Crippen LogP contribution in [0.15, 0.2) is 48.8 Å². The molecule has 1 N–H and O–H groups in total. The second kappa shape index (κ2) is 5.20. The quantitative estimate of drug-likeness (QED) is 0.746. The van der Waals surface area contributed by atoms with Crippen LogP contribution in [-0.4, -0.2) is 33.4 Å². The van der Waals surface area contributed by atoms with E-state index in [4.69, 9.17) is 0 Å². The van der Waals surface area contributed by atoms with E-state index in [1.165, 1.54) is 17.5 Å². The van der Waals surface area contributed by atoms with Crippen molar-refractivity contribution in [1.29, 1.82) is 0 Å². The highest BCUT2D eigenvalue weighted by Crippen LogP contribution is 2.42. The largest absolute Gasteiger partial charge is 0.345 e. The molecular formula is C20H19N3O. The minimum atomic E-state index is 0.141. The molecule has 2 heterocycles. The van der Waals surface area contributed by atoms with Crippen molar-refractivity contribution in [3.63, 3.8) is 0 Å². The molecule has 1 unspecified atom stereocenters. The summed E-state index contributed by atoms with van der Waals surface area (Å²) in [7, 11) is 0. The molecule has 120 valence electrons. The summed E-state index contributed by atoms with van der Waals surface area (Å²) in [5.74, 6) is 0.635. The summed E-state index contributed by atoms with van der Waals surface area (Å²) in [6, 6.07) is 14.7. The molecule has 3 aromatic rings. The first-order chi connectivity index (χ1) is 11.8. The lowest BCUT2D eigenvalue weighted by atomic mass is 9.88. The standard InChI is InChI=1S/C20H19N3O/c24-20(14-7-8-17-18(10-14)22-12-21-17)23-9-3-6-16-15-5-2-1-4-13(15)11-19(16)23/h1-2,4-5,7-8,10,12,16,19H,3,6,9,11H2,(H,21,22)/t16-,19?/m1/s1. The monoisotopic (exact) mass is 317 g/mol. The third-order valence-corrected chi connectivity index (χ3v) is 5.59. The SMILES string of the molecule is O=C(c1ccc2[nH]cnc2c1)N1CCC[C@@H]2c3ccccc3CC21. The van der Waals surface area contributed by atoms with Gasteiger partial charge in [-0.3, -0.25) is 4.79 Å². The van der Waals surface area contributed by atoms with Gasteiger partial charge in [0.2, 0.25) is 0 Å². The van der Waals surface area contributed by atoms with Gasteiger partial charge >= 0.3 is 0 Å². The number of aromatic amines is 1. The van der Waals surface area contributed by atoms with Gasteiger partial charge < -0.3 is 9.88 Å². The lowest BCUT2D eigenvalue weighted by molar-refractivity contribution is 0.0595. The highest BCUT2D eigenvalue weighted by atomic mass is 16.2. The molecule has 2 atom stereocenters. The number of carbonyl (C=O) groups is 1.